The third-order valence-electron chi connectivity index (χ3n) is 4.18. The molecule has 0 saturated heterocycles. The topological polar surface area (TPSA) is 66.5 Å². The molecule has 0 bridgehead atoms. The van der Waals surface area contributed by atoms with Gasteiger partial charge in [-0.05, 0) is 43.6 Å². The molecular formula is C12H19N5. The smallest absolute Gasteiger partial charge is 0.188 e. The van der Waals surface area contributed by atoms with Crippen LogP contribution in [0.3, 0.4) is 0 Å². The van der Waals surface area contributed by atoms with E-state index in [9.17, 15) is 0 Å². The van der Waals surface area contributed by atoms with Gasteiger partial charge in [0.1, 0.15) is 0 Å². The zero-order valence-corrected chi connectivity index (χ0v) is 10.2. The standard InChI is InChI=1S/C12H19N5/c1-2-8-3-9-5-10(11(9)4-8)6-13-7-12-14-16-17-15-12/h4,9-11,13H,2-3,5-7H2,1H3,(H,14,15,16,17). The van der Waals surface area contributed by atoms with Crippen LogP contribution in [0, 0.1) is 17.8 Å². The number of aromatic amines is 1. The van der Waals surface area contributed by atoms with Crippen LogP contribution in [0.15, 0.2) is 11.6 Å². The molecule has 3 atom stereocenters. The van der Waals surface area contributed by atoms with Crippen LogP contribution in [0.4, 0.5) is 0 Å². The molecule has 1 heterocycles. The Bertz CT molecular complexity index is 397. The van der Waals surface area contributed by atoms with E-state index in [1.807, 2.05) is 0 Å². The summed E-state index contributed by atoms with van der Waals surface area (Å²) in [5, 5.41) is 17.3. The monoisotopic (exact) mass is 233 g/mol. The first kappa shape index (κ1) is 10.9. The van der Waals surface area contributed by atoms with E-state index in [0.29, 0.717) is 6.54 Å². The van der Waals surface area contributed by atoms with Gasteiger partial charge in [0.25, 0.3) is 0 Å². The van der Waals surface area contributed by atoms with Gasteiger partial charge in [-0.3, -0.25) is 0 Å². The highest BCUT2D eigenvalue weighted by molar-refractivity contribution is 5.19. The van der Waals surface area contributed by atoms with Crippen molar-refractivity contribution < 1.29 is 0 Å². The molecule has 2 aliphatic carbocycles. The van der Waals surface area contributed by atoms with Crippen molar-refractivity contribution in [3.05, 3.63) is 17.5 Å². The van der Waals surface area contributed by atoms with E-state index in [2.05, 4.69) is 38.9 Å². The van der Waals surface area contributed by atoms with Crippen molar-refractivity contribution in [2.45, 2.75) is 32.7 Å². The first-order valence-electron chi connectivity index (χ1n) is 6.49. The number of tetrazole rings is 1. The summed E-state index contributed by atoms with van der Waals surface area (Å²) in [7, 11) is 0. The van der Waals surface area contributed by atoms with Crippen LogP contribution < -0.4 is 5.32 Å². The molecule has 5 nitrogen and oxygen atoms in total. The summed E-state index contributed by atoms with van der Waals surface area (Å²) >= 11 is 0. The average molecular weight is 233 g/mol. The van der Waals surface area contributed by atoms with Gasteiger partial charge in [0.15, 0.2) is 5.82 Å². The van der Waals surface area contributed by atoms with Crippen LogP contribution in [0.1, 0.15) is 32.0 Å². The van der Waals surface area contributed by atoms with Crippen LogP contribution in [0.25, 0.3) is 0 Å². The molecule has 1 aromatic rings. The Morgan fingerprint density at radius 3 is 3.24 bits per heavy atom. The van der Waals surface area contributed by atoms with Crippen LogP contribution in [-0.2, 0) is 6.54 Å². The molecule has 1 aromatic heterocycles. The lowest BCUT2D eigenvalue weighted by Crippen LogP contribution is -2.39. The molecule has 2 aliphatic rings. The molecule has 0 aliphatic heterocycles. The van der Waals surface area contributed by atoms with Crippen molar-refractivity contribution in [3.8, 4) is 0 Å². The highest BCUT2D eigenvalue weighted by Crippen LogP contribution is 2.50. The lowest BCUT2D eigenvalue weighted by atomic mass is 9.66. The average Bonchev–Trinajstić information content (AvgIpc) is 2.93. The second-order valence-corrected chi connectivity index (χ2v) is 5.17. The van der Waals surface area contributed by atoms with E-state index in [-0.39, 0.29) is 0 Å². The molecule has 3 unspecified atom stereocenters. The molecule has 1 saturated carbocycles. The predicted molar refractivity (Wildman–Crippen MR) is 64.0 cm³/mol. The predicted octanol–water partition coefficient (Wildman–Crippen LogP) is 1.28. The number of fused-ring (bicyclic) bond motifs is 1. The van der Waals surface area contributed by atoms with Gasteiger partial charge < -0.3 is 5.32 Å². The minimum absolute atomic E-state index is 0.717. The first-order chi connectivity index (χ1) is 8.36. The maximum atomic E-state index is 3.93. The van der Waals surface area contributed by atoms with Crippen LogP contribution in [0.2, 0.25) is 0 Å². The largest absolute Gasteiger partial charge is 0.309 e. The third kappa shape index (κ3) is 2.11. The van der Waals surface area contributed by atoms with Gasteiger partial charge in [0.05, 0.1) is 6.54 Å². The molecule has 3 rings (SSSR count). The van der Waals surface area contributed by atoms with Crippen LogP contribution in [0.5, 0.6) is 0 Å². The SMILES string of the molecule is CCC1=CC2C(CNCc3nn[nH]n3)CC2C1. The van der Waals surface area contributed by atoms with Crippen molar-refractivity contribution in [1.29, 1.82) is 0 Å². The summed E-state index contributed by atoms with van der Waals surface area (Å²) in [4.78, 5) is 0. The summed E-state index contributed by atoms with van der Waals surface area (Å²) in [5.41, 5.74) is 1.67. The molecule has 5 heteroatoms. The summed E-state index contributed by atoms with van der Waals surface area (Å²) in [6.45, 7) is 4.05. The zero-order valence-electron chi connectivity index (χ0n) is 10.2. The highest BCUT2D eigenvalue weighted by atomic mass is 15.5. The van der Waals surface area contributed by atoms with Gasteiger partial charge in [0.2, 0.25) is 0 Å². The highest BCUT2D eigenvalue weighted by Gasteiger charge is 2.42. The van der Waals surface area contributed by atoms with Crippen LogP contribution >= 0.6 is 0 Å². The van der Waals surface area contributed by atoms with Crippen molar-refractivity contribution in [1.82, 2.24) is 25.9 Å². The molecule has 0 aromatic carbocycles. The quantitative estimate of drug-likeness (QED) is 0.752. The Morgan fingerprint density at radius 2 is 2.47 bits per heavy atom. The van der Waals surface area contributed by atoms with E-state index >= 15 is 0 Å². The van der Waals surface area contributed by atoms with E-state index in [4.69, 9.17) is 0 Å². The van der Waals surface area contributed by atoms with Crippen molar-refractivity contribution in [2.75, 3.05) is 6.54 Å². The van der Waals surface area contributed by atoms with Gasteiger partial charge in [-0.15, -0.1) is 10.2 Å². The Hall–Kier alpha value is -1.23. The van der Waals surface area contributed by atoms with Gasteiger partial charge in [0, 0.05) is 0 Å². The second kappa shape index (κ2) is 4.56. The summed E-state index contributed by atoms with van der Waals surface area (Å²) in [5.74, 6) is 3.35. The molecule has 92 valence electrons. The number of aromatic nitrogens is 4. The molecule has 17 heavy (non-hydrogen) atoms. The van der Waals surface area contributed by atoms with Crippen molar-refractivity contribution in [3.63, 3.8) is 0 Å². The van der Waals surface area contributed by atoms with Gasteiger partial charge >= 0.3 is 0 Å². The number of H-pyrrole nitrogens is 1. The molecule has 1 fully saturated rings. The fraction of sp³-hybridized carbons (Fsp3) is 0.750. The Morgan fingerprint density at radius 1 is 1.53 bits per heavy atom. The number of allylic oxidation sites excluding steroid dienone is 2. The number of nitrogens with one attached hydrogen (secondary N) is 2. The van der Waals surface area contributed by atoms with Gasteiger partial charge in [-0.25, -0.2) is 0 Å². The normalized spacial score (nSPS) is 30.9. The Kier molecular flexibility index (Phi) is 2.93. The maximum Gasteiger partial charge on any atom is 0.188 e. The Labute approximate surface area is 101 Å². The minimum Gasteiger partial charge on any atom is -0.309 e. The van der Waals surface area contributed by atoms with Crippen LogP contribution in [-0.4, -0.2) is 27.2 Å². The number of nitrogens with zero attached hydrogens (tertiary/aromatic N) is 3. The van der Waals surface area contributed by atoms with E-state index in [1.165, 1.54) is 19.3 Å². The summed E-state index contributed by atoms with van der Waals surface area (Å²) < 4.78 is 0. The summed E-state index contributed by atoms with van der Waals surface area (Å²) in [6.07, 6.45) is 6.48. The lowest BCUT2D eigenvalue weighted by Gasteiger charge is -2.40. The molecular weight excluding hydrogens is 214 g/mol. The Balaban J connectivity index is 1.44. The van der Waals surface area contributed by atoms with Gasteiger partial charge in [-0.2, -0.15) is 5.21 Å². The number of hydrogen-bond donors (Lipinski definition) is 2. The number of hydrogen-bond acceptors (Lipinski definition) is 4. The van der Waals surface area contributed by atoms with Crippen molar-refractivity contribution >= 4 is 0 Å². The summed E-state index contributed by atoms with van der Waals surface area (Å²) in [6, 6.07) is 0. The molecule has 2 N–H and O–H groups in total. The third-order valence-corrected chi connectivity index (χ3v) is 4.18. The number of rotatable bonds is 5. The fourth-order valence-electron chi connectivity index (χ4n) is 3.17. The van der Waals surface area contributed by atoms with E-state index < -0.39 is 0 Å². The molecule has 0 spiro atoms. The first-order valence-corrected chi connectivity index (χ1v) is 6.49. The second-order valence-electron chi connectivity index (χ2n) is 5.17. The molecule has 0 radical (unpaired) electrons. The van der Waals surface area contributed by atoms with E-state index in [0.717, 1.165) is 30.1 Å². The minimum atomic E-state index is 0.717. The van der Waals surface area contributed by atoms with Crippen molar-refractivity contribution in [2.24, 2.45) is 17.8 Å². The van der Waals surface area contributed by atoms with Gasteiger partial charge in [-0.1, -0.05) is 23.8 Å². The molecule has 0 amide bonds. The van der Waals surface area contributed by atoms with E-state index in [1.54, 1.807) is 5.57 Å². The zero-order chi connectivity index (χ0) is 11.7. The maximum absolute atomic E-state index is 3.93. The fourth-order valence-corrected chi connectivity index (χ4v) is 3.17. The lowest BCUT2D eigenvalue weighted by molar-refractivity contribution is 0.127.